The van der Waals surface area contributed by atoms with Crippen molar-refractivity contribution in [3.8, 4) is 0 Å². The van der Waals surface area contributed by atoms with Gasteiger partial charge in [0.05, 0.1) is 0 Å². The van der Waals surface area contributed by atoms with Gasteiger partial charge in [0, 0.05) is 48.5 Å². The fraction of sp³-hybridized carbons (Fsp3) is 0.533. The van der Waals surface area contributed by atoms with Gasteiger partial charge in [-0.15, -0.1) is 0 Å². The predicted octanol–water partition coefficient (Wildman–Crippen LogP) is 2.89. The molecule has 1 heterocycles. The average molecular weight is 312 g/mol. The third-order valence-corrected chi connectivity index (χ3v) is 4.55. The summed E-state index contributed by atoms with van der Waals surface area (Å²) in [5.74, 6) is 0. The number of benzene rings is 1. The lowest BCUT2D eigenvalue weighted by molar-refractivity contribution is 0.193. The summed E-state index contributed by atoms with van der Waals surface area (Å²) in [6, 6.07) is 6.37. The molecule has 1 unspecified atom stereocenters. The van der Waals surface area contributed by atoms with E-state index in [9.17, 15) is 0 Å². The maximum absolute atomic E-state index is 6.12. The van der Waals surface area contributed by atoms with E-state index in [1.165, 1.54) is 6.42 Å². The Labute approximate surface area is 131 Å². The van der Waals surface area contributed by atoms with Crippen LogP contribution in [0.15, 0.2) is 18.2 Å². The lowest BCUT2D eigenvalue weighted by Crippen LogP contribution is -2.49. The minimum atomic E-state index is 0.432. The average Bonchev–Trinajstić information content (AvgIpc) is 2.46. The number of hydrogen-bond donors (Lipinski definition) is 1. The van der Waals surface area contributed by atoms with Crippen LogP contribution in [-0.2, 0) is 0 Å². The first kappa shape index (κ1) is 15.5. The van der Waals surface area contributed by atoms with Crippen molar-refractivity contribution < 1.29 is 0 Å². The lowest BCUT2D eigenvalue weighted by Gasteiger charge is -2.39. The van der Waals surface area contributed by atoms with Crippen LogP contribution < -0.4 is 10.6 Å². The van der Waals surface area contributed by atoms with Crippen LogP contribution in [-0.4, -0.2) is 42.1 Å². The normalized spacial score (nSPS) is 18.1. The van der Waals surface area contributed by atoms with Gasteiger partial charge in [-0.05, 0) is 31.5 Å². The van der Waals surface area contributed by atoms with Crippen LogP contribution in [0.25, 0.3) is 0 Å². The number of hydrogen-bond acceptors (Lipinski definition) is 3. The molecule has 3 nitrogen and oxygen atoms in total. The Morgan fingerprint density at radius 1 is 1.35 bits per heavy atom. The molecule has 5 heteroatoms. The fourth-order valence-electron chi connectivity index (χ4n) is 2.64. The van der Waals surface area contributed by atoms with Gasteiger partial charge < -0.3 is 10.6 Å². The Bertz CT molecular complexity index is 484. The molecule has 2 N–H and O–H groups in total. The highest BCUT2D eigenvalue weighted by Crippen LogP contribution is 2.26. The molecule has 0 radical (unpaired) electrons. The molecule has 0 aliphatic carbocycles. The van der Waals surface area contributed by atoms with Crippen LogP contribution in [0.4, 0.5) is 5.69 Å². The standard InChI is InChI=1S/C15H22ClN3S/c1-3-11(2)18-6-8-19(9-7-18)14-10-12(16)4-5-13(14)15(17)20/h4-5,10-11H,3,6-9H2,1-2H3,(H2,17,20). The Hall–Kier alpha value is -0.840. The summed E-state index contributed by atoms with van der Waals surface area (Å²) in [6.45, 7) is 8.63. The Kier molecular flexibility index (Phi) is 5.24. The molecule has 1 aliphatic heterocycles. The zero-order valence-electron chi connectivity index (χ0n) is 12.1. The number of halogens is 1. The highest BCUT2D eigenvalue weighted by molar-refractivity contribution is 7.80. The van der Waals surface area contributed by atoms with E-state index in [1.807, 2.05) is 18.2 Å². The first-order chi connectivity index (χ1) is 9.52. The third kappa shape index (κ3) is 3.43. The van der Waals surface area contributed by atoms with Gasteiger partial charge in [-0.3, -0.25) is 4.90 Å². The molecule has 0 bridgehead atoms. The highest BCUT2D eigenvalue weighted by atomic mass is 35.5. The van der Waals surface area contributed by atoms with Crippen LogP contribution in [0.5, 0.6) is 0 Å². The van der Waals surface area contributed by atoms with E-state index in [1.54, 1.807) is 0 Å². The van der Waals surface area contributed by atoms with Gasteiger partial charge in [0.2, 0.25) is 0 Å². The molecule has 1 fully saturated rings. The van der Waals surface area contributed by atoms with E-state index >= 15 is 0 Å². The van der Waals surface area contributed by atoms with Crippen LogP contribution in [0.2, 0.25) is 5.02 Å². The van der Waals surface area contributed by atoms with Crippen LogP contribution in [0.1, 0.15) is 25.8 Å². The SMILES string of the molecule is CCC(C)N1CCN(c2cc(Cl)ccc2C(N)=S)CC1. The molecule has 2 rings (SSSR count). The molecular weight excluding hydrogens is 290 g/mol. The zero-order valence-corrected chi connectivity index (χ0v) is 13.7. The quantitative estimate of drug-likeness (QED) is 0.867. The number of nitrogens with zero attached hydrogens (tertiary/aromatic N) is 2. The molecule has 1 aliphatic rings. The monoisotopic (exact) mass is 311 g/mol. The van der Waals surface area contributed by atoms with E-state index in [0.29, 0.717) is 11.0 Å². The summed E-state index contributed by atoms with van der Waals surface area (Å²) >= 11 is 11.3. The van der Waals surface area contributed by atoms with E-state index in [2.05, 4.69) is 23.6 Å². The molecular formula is C15H22ClN3S. The van der Waals surface area contributed by atoms with Crippen molar-refractivity contribution in [2.75, 3.05) is 31.1 Å². The van der Waals surface area contributed by atoms with Gasteiger partial charge in [-0.2, -0.15) is 0 Å². The molecule has 20 heavy (non-hydrogen) atoms. The van der Waals surface area contributed by atoms with Gasteiger partial charge >= 0.3 is 0 Å². The van der Waals surface area contributed by atoms with Gasteiger partial charge in [0.15, 0.2) is 0 Å². The van der Waals surface area contributed by atoms with Gasteiger partial charge in [-0.1, -0.05) is 30.7 Å². The highest BCUT2D eigenvalue weighted by Gasteiger charge is 2.22. The maximum atomic E-state index is 6.12. The Morgan fingerprint density at radius 3 is 2.55 bits per heavy atom. The molecule has 0 amide bonds. The number of anilines is 1. The molecule has 110 valence electrons. The molecule has 0 aromatic heterocycles. The van der Waals surface area contributed by atoms with Crippen molar-refractivity contribution in [3.63, 3.8) is 0 Å². The van der Waals surface area contributed by atoms with Gasteiger partial charge in [0.25, 0.3) is 0 Å². The summed E-state index contributed by atoms with van der Waals surface area (Å²) < 4.78 is 0. The number of nitrogens with two attached hydrogens (primary N) is 1. The fourth-order valence-corrected chi connectivity index (χ4v) is 2.98. The predicted molar refractivity (Wildman–Crippen MR) is 90.9 cm³/mol. The van der Waals surface area contributed by atoms with Crippen LogP contribution in [0, 0.1) is 0 Å². The Balaban J connectivity index is 2.14. The lowest BCUT2D eigenvalue weighted by atomic mass is 10.1. The molecule has 0 saturated carbocycles. The largest absolute Gasteiger partial charge is 0.389 e. The summed E-state index contributed by atoms with van der Waals surface area (Å²) in [7, 11) is 0. The van der Waals surface area contributed by atoms with E-state index in [4.69, 9.17) is 29.6 Å². The number of rotatable bonds is 4. The first-order valence-electron chi connectivity index (χ1n) is 7.11. The second kappa shape index (κ2) is 6.74. The maximum Gasteiger partial charge on any atom is 0.106 e. The van der Waals surface area contributed by atoms with E-state index in [0.717, 1.165) is 42.5 Å². The summed E-state index contributed by atoms with van der Waals surface area (Å²) in [6.07, 6.45) is 1.19. The van der Waals surface area contributed by atoms with Crippen LogP contribution in [0.3, 0.4) is 0 Å². The summed E-state index contributed by atoms with van der Waals surface area (Å²) in [5.41, 5.74) is 7.80. The second-order valence-corrected chi connectivity index (χ2v) is 6.18. The summed E-state index contributed by atoms with van der Waals surface area (Å²) in [5, 5.41) is 0.726. The van der Waals surface area contributed by atoms with Crippen molar-refractivity contribution >= 4 is 34.5 Å². The van der Waals surface area contributed by atoms with Crippen LogP contribution >= 0.6 is 23.8 Å². The van der Waals surface area contributed by atoms with E-state index < -0.39 is 0 Å². The molecule has 1 aromatic carbocycles. The molecule has 0 spiro atoms. The van der Waals surface area contributed by atoms with Crippen molar-refractivity contribution in [3.05, 3.63) is 28.8 Å². The smallest absolute Gasteiger partial charge is 0.106 e. The number of piperazine rings is 1. The first-order valence-corrected chi connectivity index (χ1v) is 7.90. The van der Waals surface area contributed by atoms with E-state index in [-0.39, 0.29) is 0 Å². The summed E-state index contributed by atoms with van der Waals surface area (Å²) in [4.78, 5) is 5.29. The van der Waals surface area contributed by atoms with Gasteiger partial charge in [0.1, 0.15) is 4.99 Å². The molecule has 1 saturated heterocycles. The second-order valence-electron chi connectivity index (χ2n) is 5.31. The minimum Gasteiger partial charge on any atom is -0.389 e. The zero-order chi connectivity index (χ0) is 14.7. The van der Waals surface area contributed by atoms with Crippen molar-refractivity contribution in [1.29, 1.82) is 0 Å². The molecule has 1 aromatic rings. The van der Waals surface area contributed by atoms with Gasteiger partial charge in [-0.25, -0.2) is 0 Å². The van der Waals surface area contributed by atoms with Crippen molar-refractivity contribution in [1.82, 2.24) is 4.90 Å². The molecule has 1 atom stereocenters. The number of thiocarbonyl (C=S) groups is 1. The van der Waals surface area contributed by atoms with Crippen molar-refractivity contribution in [2.24, 2.45) is 5.73 Å². The minimum absolute atomic E-state index is 0.432. The Morgan fingerprint density at radius 2 is 2.00 bits per heavy atom. The topological polar surface area (TPSA) is 32.5 Å². The van der Waals surface area contributed by atoms with Crippen molar-refractivity contribution in [2.45, 2.75) is 26.3 Å². The third-order valence-electron chi connectivity index (χ3n) is 4.09.